The minimum Gasteiger partial charge on any atom is -0.497 e. The first-order chi connectivity index (χ1) is 16.2. The van der Waals surface area contributed by atoms with Crippen LogP contribution in [0.25, 0.3) is 0 Å². The van der Waals surface area contributed by atoms with Crippen molar-refractivity contribution in [3.05, 3.63) is 89.4 Å². The van der Waals surface area contributed by atoms with Gasteiger partial charge in [0.2, 0.25) is 5.91 Å². The zero-order valence-electron chi connectivity index (χ0n) is 19.4. The van der Waals surface area contributed by atoms with Crippen molar-refractivity contribution in [2.45, 2.75) is 31.2 Å². The van der Waals surface area contributed by atoms with E-state index in [1.165, 1.54) is 12.1 Å². The summed E-state index contributed by atoms with van der Waals surface area (Å²) in [5.74, 6) is 0.630. The molecule has 3 aromatic carbocycles. The molecule has 0 radical (unpaired) electrons. The van der Waals surface area contributed by atoms with Crippen LogP contribution >= 0.6 is 11.6 Å². The van der Waals surface area contributed by atoms with E-state index in [0.29, 0.717) is 23.0 Å². The van der Waals surface area contributed by atoms with Crippen LogP contribution in [0.5, 0.6) is 5.75 Å². The van der Waals surface area contributed by atoms with Crippen LogP contribution in [0.1, 0.15) is 31.9 Å². The number of hydrogen-bond acceptors (Lipinski definition) is 4. The predicted molar refractivity (Wildman–Crippen MR) is 136 cm³/mol. The third-order valence-corrected chi connectivity index (χ3v) is 7.33. The van der Waals surface area contributed by atoms with E-state index in [0.717, 1.165) is 15.6 Å². The number of ether oxygens (including phenoxy) is 1. The van der Waals surface area contributed by atoms with Gasteiger partial charge in [0.05, 0.1) is 23.7 Å². The zero-order chi connectivity index (χ0) is 24.7. The number of benzene rings is 3. The van der Waals surface area contributed by atoms with Crippen LogP contribution in [0.2, 0.25) is 5.02 Å². The predicted octanol–water partition coefficient (Wildman–Crippen LogP) is 5.45. The number of anilines is 1. The quantitative estimate of drug-likeness (QED) is 0.401. The average molecular weight is 501 g/mol. The Hall–Kier alpha value is -3.03. The number of nitrogens with zero attached hydrogens (tertiary/aromatic N) is 1. The van der Waals surface area contributed by atoms with Crippen LogP contribution < -0.4 is 14.4 Å². The minimum absolute atomic E-state index is 0.103. The summed E-state index contributed by atoms with van der Waals surface area (Å²) >= 11 is 6.00. The molecule has 34 heavy (non-hydrogen) atoms. The number of hydrogen-bond donors (Lipinski definition) is 1. The molecule has 6 nitrogen and oxygen atoms in total. The topological polar surface area (TPSA) is 75.7 Å². The third-order valence-electron chi connectivity index (χ3n) is 5.29. The summed E-state index contributed by atoms with van der Waals surface area (Å²) in [5, 5.41) is 3.50. The van der Waals surface area contributed by atoms with Crippen LogP contribution in [0.3, 0.4) is 0 Å². The molecule has 0 bridgehead atoms. The highest BCUT2D eigenvalue weighted by Crippen LogP contribution is 2.27. The largest absolute Gasteiger partial charge is 0.497 e. The number of halogens is 1. The number of carbonyl (C=O) groups is 1. The van der Waals surface area contributed by atoms with Crippen molar-refractivity contribution in [1.82, 2.24) is 5.32 Å². The number of methoxy groups -OCH3 is 1. The monoisotopic (exact) mass is 500 g/mol. The molecule has 1 amide bonds. The van der Waals surface area contributed by atoms with E-state index >= 15 is 0 Å². The van der Waals surface area contributed by atoms with Gasteiger partial charge in [-0.2, -0.15) is 0 Å². The molecule has 180 valence electrons. The van der Waals surface area contributed by atoms with E-state index in [1.54, 1.807) is 49.6 Å². The van der Waals surface area contributed by atoms with Gasteiger partial charge in [0, 0.05) is 5.02 Å². The molecular weight excluding hydrogens is 472 g/mol. The van der Waals surface area contributed by atoms with Crippen LogP contribution in [0.4, 0.5) is 5.69 Å². The summed E-state index contributed by atoms with van der Waals surface area (Å²) in [4.78, 5) is 13.3. The van der Waals surface area contributed by atoms with Gasteiger partial charge in [-0.25, -0.2) is 8.42 Å². The molecule has 1 atom stereocenters. The van der Waals surface area contributed by atoms with E-state index in [9.17, 15) is 13.2 Å². The van der Waals surface area contributed by atoms with Gasteiger partial charge in [-0.1, -0.05) is 55.8 Å². The Kier molecular flexibility index (Phi) is 8.58. The standard InChI is InChI=1S/C26H29ClN2O4S/c1-19(2)17-25(20-9-15-23(33-3)16-10-20)28-26(30)18-29(22-13-11-21(27)12-14-22)34(31,32)24-7-5-4-6-8-24/h4-16,19,25H,17-18H2,1-3H3,(H,28,30)/t25-/m0/s1. The molecule has 0 aliphatic heterocycles. The Morgan fingerprint density at radius 2 is 1.59 bits per heavy atom. The van der Waals surface area contributed by atoms with E-state index in [2.05, 4.69) is 19.2 Å². The molecule has 8 heteroatoms. The lowest BCUT2D eigenvalue weighted by molar-refractivity contribution is -0.120. The number of amides is 1. The second kappa shape index (κ2) is 11.4. The molecule has 0 aliphatic carbocycles. The summed E-state index contributed by atoms with van der Waals surface area (Å²) < 4.78 is 33.2. The third kappa shape index (κ3) is 6.52. The number of nitrogens with one attached hydrogen (secondary N) is 1. The highest BCUT2D eigenvalue weighted by Gasteiger charge is 2.28. The molecule has 3 rings (SSSR count). The number of rotatable bonds is 10. The van der Waals surface area contributed by atoms with E-state index in [1.807, 2.05) is 24.3 Å². The van der Waals surface area contributed by atoms with Gasteiger partial charge in [0.25, 0.3) is 10.0 Å². The Bertz CT molecular complexity index is 1180. The summed E-state index contributed by atoms with van der Waals surface area (Å²) in [6, 6.07) is 21.7. The van der Waals surface area contributed by atoms with Gasteiger partial charge in [0.1, 0.15) is 12.3 Å². The molecule has 0 saturated heterocycles. The lowest BCUT2D eigenvalue weighted by Crippen LogP contribution is -2.42. The lowest BCUT2D eigenvalue weighted by Gasteiger charge is -2.26. The average Bonchev–Trinajstić information content (AvgIpc) is 2.83. The van der Waals surface area contributed by atoms with Crippen molar-refractivity contribution in [1.29, 1.82) is 0 Å². The second-order valence-electron chi connectivity index (χ2n) is 8.32. The van der Waals surface area contributed by atoms with Crippen molar-refractivity contribution in [2.75, 3.05) is 18.0 Å². The fourth-order valence-corrected chi connectivity index (χ4v) is 5.17. The highest BCUT2D eigenvalue weighted by atomic mass is 35.5. The maximum Gasteiger partial charge on any atom is 0.264 e. The SMILES string of the molecule is COc1ccc([C@H](CC(C)C)NC(=O)CN(c2ccc(Cl)cc2)S(=O)(=O)c2ccccc2)cc1. The minimum atomic E-state index is -3.98. The summed E-state index contributed by atoms with van der Waals surface area (Å²) in [6.07, 6.45) is 0.699. The van der Waals surface area contributed by atoms with Gasteiger partial charge in [0.15, 0.2) is 0 Å². The van der Waals surface area contributed by atoms with Crippen molar-refractivity contribution >= 4 is 33.2 Å². The normalized spacial score (nSPS) is 12.3. The van der Waals surface area contributed by atoms with E-state index < -0.39 is 15.9 Å². The summed E-state index contributed by atoms with van der Waals surface area (Å²) in [6.45, 7) is 3.77. The smallest absolute Gasteiger partial charge is 0.264 e. The van der Waals surface area contributed by atoms with Crippen LogP contribution in [0.15, 0.2) is 83.8 Å². The molecule has 0 saturated carbocycles. The first kappa shape index (κ1) is 25.6. The molecule has 3 aromatic rings. The van der Waals surface area contributed by atoms with E-state index in [4.69, 9.17) is 16.3 Å². The molecule has 0 spiro atoms. The van der Waals surface area contributed by atoms with Gasteiger partial charge >= 0.3 is 0 Å². The van der Waals surface area contributed by atoms with Crippen molar-refractivity contribution in [3.63, 3.8) is 0 Å². The Morgan fingerprint density at radius 3 is 2.15 bits per heavy atom. The number of sulfonamides is 1. The van der Waals surface area contributed by atoms with Crippen molar-refractivity contribution in [3.8, 4) is 5.75 Å². The molecular formula is C26H29ClN2O4S. The summed E-state index contributed by atoms with van der Waals surface area (Å²) in [5.41, 5.74) is 1.28. The lowest BCUT2D eigenvalue weighted by atomic mass is 9.97. The van der Waals surface area contributed by atoms with Crippen molar-refractivity contribution < 1.29 is 17.9 Å². The van der Waals surface area contributed by atoms with Crippen LogP contribution in [-0.2, 0) is 14.8 Å². The fraction of sp³-hybridized carbons (Fsp3) is 0.269. The van der Waals surface area contributed by atoms with Gasteiger partial charge in [-0.15, -0.1) is 0 Å². The molecule has 0 heterocycles. The van der Waals surface area contributed by atoms with Crippen molar-refractivity contribution in [2.24, 2.45) is 5.92 Å². The van der Waals surface area contributed by atoms with Gasteiger partial charge in [-0.3, -0.25) is 9.10 Å². The first-order valence-electron chi connectivity index (χ1n) is 11.0. The number of carbonyl (C=O) groups excluding carboxylic acids is 1. The Balaban J connectivity index is 1.89. The fourth-order valence-electron chi connectivity index (χ4n) is 3.60. The Labute approximate surface area is 206 Å². The summed E-state index contributed by atoms with van der Waals surface area (Å²) in [7, 11) is -2.38. The zero-order valence-corrected chi connectivity index (χ0v) is 21.0. The molecule has 0 fully saturated rings. The van der Waals surface area contributed by atoms with Gasteiger partial charge in [-0.05, 0) is 66.4 Å². The maximum atomic E-state index is 13.5. The first-order valence-corrected chi connectivity index (χ1v) is 12.8. The Morgan fingerprint density at radius 1 is 0.971 bits per heavy atom. The van der Waals surface area contributed by atoms with Crippen LogP contribution in [0, 0.1) is 5.92 Å². The van der Waals surface area contributed by atoms with E-state index in [-0.39, 0.29) is 17.5 Å². The molecule has 0 unspecified atom stereocenters. The highest BCUT2D eigenvalue weighted by molar-refractivity contribution is 7.92. The maximum absolute atomic E-state index is 13.5. The molecule has 0 aliphatic rings. The van der Waals surface area contributed by atoms with Crippen LogP contribution in [-0.4, -0.2) is 28.0 Å². The molecule has 0 aromatic heterocycles. The second-order valence-corrected chi connectivity index (χ2v) is 10.6. The van der Waals surface area contributed by atoms with Gasteiger partial charge < -0.3 is 10.1 Å². The molecule has 1 N–H and O–H groups in total.